The highest BCUT2D eigenvalue weighted by molar-refractivity contribution is 7.91. The summed E-state index contributed by atoms with van der Waals surface area (Å²) >= 11 is 7.48. The maximum atomic E-state index is 11.8. The lowest BCUT2D eigenvalue weighted by Crippen LogP contribution is -2.51. The van der Waals surface area contributed by atoms with Gasteiger partial charge in [0.25, 0.3) is 0 Å². The van der Waals surface area contributed by atoms with Gasteiger partial charge in [-0.2, -0.15) is 0 Å². The van der Waals surface area contributed by atoms with Crippen molar-refractivity contribution in [1.82, 2.24) is 24.1 Å². The fourth-order valence-corrected chi connectivity index (χ4v) is 7.07. The Morgan fingerprint density at radius 1 is 1.14 bits per heavy atom. The molecule has 0 aromatic carbocycles. The van der Waals surface area contributed by atoms with Gasteiger partial charge in [0.1, 0.15) is 0 Å². The molecule has 7 nitrogen and oxygen atoms in total. The molecule has 1 atom stereocenters. The van der Waals surface area contributed by atoms with Crippen molar-refractivity contribution in [2.24, 2.45) is 0 Å². The molecule has 0 amide bonds. The predicted molar refractivity (Wildman–Crippen MR) is 113 cm³/mol. The van der Waals surface area contributed by atoms with E-state index in [1.54, 1.807) is 11.3 Å². The van der Waals surface area contributed by atoms with Crippen LogP contribution in [-0.2, 0) is 16.5 Å². The molecule has 2 aromatic heterocycles. The van der Waals surface area contributed by atoms with Crippen molar-refractivity contribution >= 4 is 33.4 Å². The summed E-state index contributed by atoms with van der Waals surface area (Å²) in [5, 5.41) is 6.95. The van der Waals surface area contributed by atoms with Crippen molar-refractivity contribution in [2.75, 3.05) is 37.7 Å². The van der Waals surface area contributed by atoms with Crippen LogP contribution in [0.2, 0.25) is 0 Å². The third-order valence-electron chi connectivity index (χ3n) is 5.99. The number of sulfone groups is 1. The Hall–Kier alpha value is -1.07. The van der Waals surface area contributed by atoms with Gasteiger partial charge in [-0.25, -0.2) is 13.1 Å². The number of hydrogen-bond donors (Lipinski definition) is 0. The van der Waals surface area contributed by atoms with Gasteiger partial charge in [0.05, 0.1) is 23.1 Å². The second-order valence-corrected chi connectivity index (χ2v) is 11.6. The summed E-state index contributed by atoms with van der Waals surface area (Å²) in [5.74, 6) is 1.67. The van der Waals surface area contributed by atoms with E-state index < -0.39 is 9.84 Å². The van der Waals surface area contributed by atoms with E-state index in [9.17, 15) is 8.42 Å². The Balaban J connectivity index is 1.27. The molecule has 10 heteroatoms. The van der Waals surface area contributed by atoms with Crippen LogP contribution < -0.4 is 0 Å². The van der Waals surface area contributed by atoms with Crippen molar-refractivity contribution < 1.29 is 8.42 Å². The van der Waals surface area contributed by atoms with Crippen molar-refractivity contribution in [3.63, 3.8) is 0 Å². The van der Waals surface area contributed by atoms with Crippen molar-refractivity contribution in [1.29, 1.82) is 0 Å². The van der Waals surface area contributed by atoms with Crippen LogP contribution in [0.25, 0.3) is 10.7 Å². The second-order valence-electron chi connectivity index (χ2n) is 8.04. The van der Waals surface area contributed by atoms with Crippen molar-refractivity contribution in [3.8, 4) is 10.7 Å². The summed E-state index contributed by atoms with van der Waals surface area (Å²) in [6.07, 6.45) is 3.14. The maximum absolute atomic E-state index is 11.8. The molecule has 0 N–H and O–H groups in total. The van der Waals surface area contributed by atoms with E-state index in [-0.39, 0.29) is 6.04 Å². The van der Waals surface area contributed by atoms with E-state index in [0.717, 1.165) is 43.2 Å². The van der Waals surface area contributed by atoms with Crippen LogP contribution >= 0.6 is 23.6 Å². The number of thiophene rings is 1. The van der Waals surface area contributed by atoms with Crippen LogP contribution in [0.4, 0.5) is 0 Å². The monoisotopic (exact) mass is 439 g/mol. The quantitative estimate of drug-likeness (QED) is 0.666. The van der Waals surface area contributed by atoms with Gasteiger partial charge < -0.3 is 0 Å². The molecule has 28 heavy (non-hydrogen) atoms. The number of piperazine rings is 1. The Bertz CT molecular complexity index is 999. The minimum atomic E-state index is -2.82. The van der Waals surface area contributed by atoms with E-state index in [0.29, 0.717) is 24.2 Å². The standard InChI is InChI=1S/C18H25N5O2S3/c24-28(25)11-5-15(12-28)21-8-6-20(7-9-21)13-22-18(26)23(14-3-4-14)17(19-22)16-2-1-10-27-16/h1-2,10,14-15H,3-9,11-13H2. The van der Waals surface area contributed by atoms with Gasteiger partial charge in [0.15, 0.2) is 20.4 Å². The summed E-state index contributed by atoms with van der Waals surface area (Å²) in [7, 11) is -2.82. The first-order valence-corrected chi connectivity index (χ1v) is 13.0. The molecule has 2 aliphatic heterocycles. The minimum absolute atomic E-state index is 0.203. The minimum Gasteiger partial charge on any atom is -0.297 e. The lowest BCUT2D eigenvalue weighted by Gasteiger charge is -2.37. The van der Waals surface area contributed by atoms with Gasteiger partial charge in [-0.15, -0.1) is 16.4 Å². The van der Waals surface area contributed by atoms with Crippen LogP contribution in [0.3, 0.4) is 0 Å². The topological polar surface area (TPSA) is 63.4 Å². The molecule has 1 aliphatic carbocycles. The zero-order valence-corrected chi connectivity index (χ0v) is 18.2. The average Bonchev–Trinajstić information content (AvgIpc) is 3.09. The first kappa shape index (κ1) is 18.9. The molecule has 0 radical (unpaired) electrons. The van der Waals surface area contributed by atoms with Crippen LogP contribution in [0, 0.1) is 4.77 Å². The summed E-state index contributed by atoms with van der Waals surface area (Å²) in [6.45, 7) is 4.36. The summed E-state index contributed by atoms with van der Waals surface area (Å²) in [4.78, 5) is 5.89. The fraction of sp³-hybridized carbons (Fsp3) is 0.667. The summed E-state index contributed by atoms with van der Waals surface area (Å²) in [6, 6.07) is 4.87. The molecule has 1 unspecified atom stereocenters. The predicted octanol–water partition coefficient (Wildman–Crippen LogP) is 2.24. The highest BCUT2D eigenvalue weighted by atomic mass is 32.2. The van der Waals surface area contributed by atoms with Gasteiger partial charge in [-0.3, -0.25) is 14.4 Å². The molecule has 3 aliphatic rings. The van der Waals surface area contributed by atoms with E-state index in [1.807, 2.05) is 4.68 Å². The highest BCUT2D eigenvalue weighted by Crippen LogP contribution is 2.39. The summed E-state index contributed by atoms with van der Waals surface area (Å²) < 4.78 is 28.5. The van der Waals surface area contributed by atoms with E-state index in [4.69, 9.17) is 17.3 Å². The number of aromatic nitrogens is 3. The zero-order valence-electron chi connectivity index (χ0n) is 15.7. The summed E-state index contributed by atoms with van der Waals surface area (Å²) in [5.41, 5.74) is 0. The molecule has 1 saturated carbocycles. The highest BCUT2D eigenvalue weighted by Gasteiger charge is 2.34. The second kappa shape index (κ2) is 7.32. The van der Waals surface area contributed by atoms with Gasteiger partial charge in [0, 0.05) is 38.3 Å². The zero-order chi connectivity index (χ0) is 19.3. The van der Waals surface area contributed by atoms with Crippen LogP contribution in [0.1, 0.15) is 25.3 Å². The smallest absolute Gasteiger partial charge is 0.199 e. The molecular weight excluding hydrogens is 414 g/mol. The van der Waals surface area contributed by atoms with E-state index >= 15 is 0 Å². The number of nitrogens with zero attached hydrogens (tertiary/aromatic N) is 5. The Labute approximate surface area is 174 Å². The lowest BCUT2D eigenvalue weighted by atomic mass is 10.2. The average molecular weight is 440 g/mol. The molecule has 4 heterocycles. The first-order valence-electron chi connectivity index (χ1n) is 9.90. The van der Waals surface area contributed by atoms with Gasteiger partial charge in [-0.1, -0.05) is 6.07 Å². The SMILES string of the molecule is O=S1(=O)CCC(N2CCN(Cn3nc(-c4cccs4)n(C4CC4)c3=S)CC2)C1. The normalized spacial score (nSPS) is 26.1. The third-order valence-corrected chi connectivity index (χ3v) is 9.01. The fourth-order valence-electron chi connectivity index (χ4n) is 4.27. The molecular formula is C18H25N5O2S3. The molecule has 0 spiro atoms. The molecule has 2 saturated heterocycles. The third kappa shape index (κ3) is 3.72. The lowest BCUT2D eigenvalue weighted by molar-refractivity contribution is 0.0808. The Morgan fingerprint density at radius 3 is 2.54 bits per heavy atom. The van der Waals surface area contributed by atoms with E-state index in [1.165, 1.54) is 17.7 Å². The first-order chi connectivity index (χ1) is 13.5. The maximum Gasteiger partial charge on any atom is 0.199 e. The van der Waals surface area contributed by atoms with Crippen molar-refractivity contribution in [2.45, 2.75) is 38.0 Å². The largest absolute Gasteiger partial charge is 0.297 e. The Morgan fingerprint density at radius 2 is 1.93 bits per heavy atom. The van der Waals surface area contributed by atoms with Crippen LogP contribution in [0.5, 0.6) is 0 Å². The molecule has 152 valence electrons. The van der Waals surface area contributed by atoms with Gasteiger partial charge in [-0.05, 0) is 42.9 Å². The van der Waals surface area contributed by atoms with Crippen LogP contribution in [-0.4, -0.2) is 76.3 Å². The van der Waals surface area contributed by atoms with Crippen LogP contribution in [0.15, 0.2) is 17.5 Å². The van der Waals surface area contributed by atoms with Crippen molar-refractivity contribution in [3.05, 3.63) is 22.3 Å². The molecule has 0 bridgehead atoms. The van der Waals surface area contributed by atoms with Gasteiger partial charge in [0.2, 0.25) is 0 Å². The number of rotatable bonds is 5. The molecule has 5 rings (SSSR count). The molecule has 3 fully saturated rings. The van der Waals surface area contributed by atoms with E-state index in [2.05, 4.69) is 31.9 Å². The Kier molecular flexibility index (Phi) is 4.95. The number of hydrogen-bond acceptors (Lipinski definition) is 7. The van der Waals surface area contributed by atoms with Gasteiger partial charge >= 0.3 is 0 Å². The molecule has 2 aromatic rings.